The molecule has 0 unspecified atom stereocenters. The molecule has 0 N–H and O–H groups in total. The van der Waals surface area contributed by atoms with Crippen molar-refractivity contribution in [2.24, 2.45) is 0 Å². The van der Waals surface area contributed by atoms with Crippen molar-refractivity contribution in [3.05, 3.63) is 27.1 Å². The Morgan fingerprint density at radius 1 is 1.62 bits per heavy atom. The molecular formula is C8H6ClIN2O. The molecule has 0 radical (unpaired) electrons. The van der Waals surface area contributed by atoms with Gasteiger partial charge in [0.25, 0.3) is 0 Å². The molecule has 0 saturated heterocycles. The van der Waals surface area contributed by atoms with Crippen LogP contribution in [-0.4, -0.2) is 16.7 Å². The lowest BCUT2D eigenvalue weighted by atomic mass is 10.4. The average Bonchev–Trinajstić information content (AvgIpc) is 2.49. The van der Waals surface area contributed by atoms with Crippen molar-refractivity contribution in [1.29, 1.82) is 0 Å². The van der Waals surface area contributed by atoms with E-state index >= 15 is 0 Å². The third kappa shape index (κ3) is 1.38. The minimum atomic E-state index is 0.605. The Bertz CT molecular complexity index is 455. The number of nitrogens with zero attached hydrogens (tertiary/aromatic N) is 2. The monoisotopic (exact) mass is 308 g/mol. The molecule has 0 aliphatic carbocycles. The highest BCUT2D eigenvalue weighted by atomic mass is 127. The molecule has 0 bridgehead atoms. The zero-order valence-electron chi connectivity index (χ0n) is 6.79. The lowest BCUT2D eigenvalue weighted by molar-refractivity contribution is 0.417. The van der Waals surface area contributed by atoms with Gasteiger partial charge in [-0.05, 0) is 28.7 Å². The van der Waals surface area contributed by atoms with Gasteiger partial charge in [-0.3, -0.25) is 0 Å². The fraction of sp³-hybridized carbons (Fsp3) is 0.125. The van der Waals surface area contributed by atoms with E-state index < -0.39 is 0 Å². The van der Waals surface area contributed by atoms with Crippen molar-refractivity contribution in [1.82, 2.24) is 9.61 Å². The van der Waals surface area contributed by atoms with Crippen LogP contribution in [0.1, 0.15) is 0 Å². The van der Waals surface area contributed by atoms with Gasteiger partial charge in [0.05, 0.1) is 21.9 Å². The summed E-state index contributed by atoms with van der Waals surface area (Å²) >= 11 is 8.16. The second-order valence-electron chi connectivity index (χ2n) is 2.48. The van der Waals surface area contributed by atoms with Gasteiger partial charge in [-0.1, -0.05) is 11.6 Å². The number of hydrogen-bond acceptors (Lipinski definition) is 2. The number of fused-ring (bicyclic) bond motifs is 1. The fourth-order valence-corrected chi connectivity index (χ4v) is 2.03. The summed E-state index contributed by atoms with van der Waals surface area (Å²) in [5.74, 6) is 0.672. The molecule has 0 fully saturated rings. The summed E-state index contributed by atoms with van der Waals surface area (Å²) < 4.78 is 7.97. The van der Waals surface area contributed by atoms with E-state index in [-0.39, 0.29) is 0 Å². The zero-order valence-corrected chi connectivity index (χ0v) is 9.70. The van der Waals surface area contributed by atoms with Crippen molar-refractivity contribution < 1.29 is 4.74 Å². The standard InChI is InChI=1S/C8H6ClIN2O/c1-13-8-5(9)2-3-12-7(8)6(10)4-11-12/h2-4H,1H3. The Kier molecular flexibility index (Phi) is 2.33. The first-order chi connectivity index (χ1) is 6.24. The molecule has 0 spiro atoms. The predicted octanol–water partition coefficient (Wildman–Crippen LogP) is 2.60. The normalized spacial score (nSPS) is 10.7. The smallest absolute Gasteiger partial charge is 0.164 e. The highest BCUT2D eigenvalue weighted by Crippen LogP contribution is 2.31. The summed E-state index contributed by atoms with van der Waals surface area (Å²) in [5, 5.41) is 4.74. The van der Waals surface area contributed by atoms with Crippen molar-refractivity contribution in [3.8, 4) is 5.75 Å². The maximum atomic E-state index is 5.96. The van der Waals surface area contributed by atoms with Gasteiger partial charge in [0, 0.05) is 6.20 Å². The van der Waals surface area contributed by atoms with Gasteiger partial charge in [0.15, 0.2) is 5.75 Å². The van der Waals surface area contributed by atoms with Gasteiger partial charge in [0.1, 0.15) is 5.52 Å². The Morgan fingerprint density at radius 2 is 2.38 bits per heavy atom. The molecule has 2 aromatic rings. The maximum absolute atomic E-state index is 5.96. The van der Waals surface area contributed by atoms with Gasteiger partial charge >= 0.3 is 0 Å². The first kappa shape index (κ1) is 9.08. The maximum Gasteiger partial charge on any atom is 0.164 e. The van der Waals surface area contributed by atoms with Crippen LogP contribution in [0.25, 0.3) is 5.52 Å². The molecule has 0 aliphatic heterocycles. The van der Waals surface area contributed by atoms with E-state index in [0.29, 0.717) is 10.8 Å². The van der Waals surface area contributed by atoms with Crippen LogP contribution in [0.2, 0.25) is 5.02 Å². The second kappa shape index (κ2) is 3.34. The topological polar surface area (TPSA) is 26.5 Å². The summed E-state index contributed by atoms with van der Waals surface area (Å²) in [6, 6.07) is 1.76. The molecule has 0 aliphatic rings. The van der Waals surface area contributed by atoms with Crippen LogP contribution in [0.4, 0.5) is 0 Å². The number of hydrogen-bond donors (Lipinski definition) is 0. The summed E-state index contributed by atoms with van der Waals surface area (Å²) in [5.41, 5.74) is 0.913. The van der Waals surface area contributed by atoms with Crippen LogP contribution < -0.4 is 4.74 Å². The van der Waals surface area contributed by atoms with E-state index in [9.17, 15) is 0 Å². The van der Waals surface area contributed by atoms with Crippen LogP contribution in [-0.2, 0) is 0 Å². The molecule has 13 heavy (non-hydrogen) atoms. The van der Waals surface area contributed by atoms with E-state index in [0.717, 1.165) is 9.09 Å². The van der Waals surface area contributed by atoms with E-state index in [1.54, 1.807) is 23.9 Å². The van der Waals surface area contributed by atoms with E-state index in [1.807, 2.05) is 6.20 Å². The van der Waals surface area contributed by atoms with Gasteiger partial charge in [-0.2, -0.15) is 5.10 Å². The number of halogens is 2. The number of aromatic nitrogens is 2. The molecule has 0 aromatic carbocycles. The number of methoxy groups -OCH3 is 1. The molecule has 2 aromatic heterocycles. The van der Waals surface area contributed by atoms with Crippen LogP contribution in [0, 0.1) is 3.57 Å². The molecule has 2 rings (SSSR count). The van der Waals surface area contributed by atoms with Crippen molar-refractivity contribution in [3.63, 3.8) is 0 Å². The molecule has 0 atom stereocenters. The van der Waals surface area contributed by atoms with Crippen LogP contribution in [0.5, 0.6) is 5.75 Å². The number of rotatable bonds is 1. The minimum Gasteiger partial charge on any atom is -0.493 e. The van der Waals surface area contributed by atoms with Gasteiger partial charge in [-0.25, -0.2) is 4.52 Å². The van der Waals surface area contributed by atoms with E-state index in [4.69, 9.17) is 16.3 Å². The highest BCUT2D eigenvalue weighted by molar-refractivity contribution is 14.1. The molecule has 2 heterocycles. The molecule has 0 amide bonds. The van der Waals surface area contributed by atoms with Crippen molar-refractivity contribution in [2.45, 2.75) is 0 Å². The van der Waals surface area contributed by atoms with Crippen LogP contribution >= 0.6 is 34.2 Å². The molecule has 5 heteroatoms. The minimum absolute atomic E-state index is 0.605. The summed E-state index contributed by atoms with van der Waals surface area (Å²) in [4.78, 5) is 0. The zero-order chi connectivity index (χ0) is 9.42. The summed E-state index contributed by atoms with van der Waals surface area (Å²) in [7, 11) is 1.60. The lowest BCUT2D eigenvalue weighted by Gasteiger charge is -2.04. The SMILES string of the molecule is COc1c(Cl)ccn2ncc(I)c12. The van der Waals surface area contributed by atoms with Gasteiger partial charge in [0.2, 0.25) is 0 Å². The summed E-state index contributed by atoms with van der Waals surface area (Å²) in [6.07, 6.45) is 3.58. The Labute approximate surface area is 93.8 Å². The molecule has 3 nitrogen and oxygen atoms in total. The Hall–Kier alpha value is -0.490. The quantitative estimate of drug-likeness (QED) is 0.757. The third-order valence-electron chi connectivity index (χ3n) is 1.75. The third-order valence-corrected chi connectivity index (χ3v) is 2.84. The molecule has 0 saturated carbocycles. The highest BCUT2D eigenvalue weighted by Gasteiger charge is 2.10. The van der Waals surface area contributed by atoms with Crippen LogP contribution in [0.3, 0.4) is 0 Å². The number of ether oxygens (including phenoxy) is 1. The van der Waals surface area contributed by atoms with Gasteiger partial charge in [-0.15, -0.1) is 0 Å². The average molecular weight is 309 g/mol. The molecular weight excluding hydrogens is 302 g/mol. The fourth-order valence-electron chi connectivity index (χ4n) is 1.19. The number of pyridine rings is 1. The lowest BCUT2D eigenvalue weighted by Crippen LogP contribution is -1.92. The first-order valence-electron chi connectivity index (χ1n) is 3.59. The van der Waals surface area contributed by atoms with E-state index in [1.165, 1.54) is 0 Å². The second-order valence-corrected chi connectivity index (χ2v) is 4.05. The Balaban J connectivity index is 2.88. The van der Waals surface area contributed by atoms with Gasteiger partial charge < -0.3 is 4.74 Å². The first-order valence-corrected chi connectivity index (χ1v) is 5.05. The van der Waals surface area contributed by atoms with E-state index in [2.05, 4.69) is 27.7 Å². The molecule has 68 valence electrons. The predicted molar refractivity (Wildman–Crippen MR) is 59.5 cm³/mol. The van der Waals surface area contributed by atoms with Crippen molar-refractivity contribution >= 4 is 39.7 Å². The summed E-state index contributed by atoms with van der Waals surface area (Å²) in [6.45, 7) is 0. The van der Waals surface area contributed by atoms with Crippen molar-refractivity contribution in [2.75, 3.05) is 7.11 Å². The van der Waals surface area contributed by atoms with Crippen LogP contribution in [0.15, 0.2) is 18.5 Å². The Morgan fingerprint density at radius 3 is 3.08 bits per heavy atom. The largest absolute Gasteiger partial charge is 0.493 e.